The number of alkyl carbamates (subject to hydrolysis) is 1. The van der Waals surface area contributed by atoms with Crippen LogP contribution in [0, 0.1) is 5.41 Å². The van der Waals surface area contributed by atoms with E-state index in [1.807, 2.05) is 87.5 Å². The first kappa shape index (κ1) is 25.9. The summed E-state index contributed by atoms with van der Waals surface area (Å²) >= 11 is 0. The molecule has 0 aliphatic carbocycles. The third kappa shape index (κ3) is 6.96. The summed E-state index contributed by atoms with van der Waals surface area (Å²) in [6.07, 6.45) is 1.04. The fraction of sp³-hybridized carbons (Fsp3) is 0.387. The van der Waals surface area contributed by atoms with Crippen molar-refractivity contribution >= 4 is 6.09 Å². The van der Waals surface area contributed by atoms with Crippen LogP contribution in [-0.2, 0) is 28.7 Å². The van der Waals surface area contributed by atoms with Gasteiger partial charge in [-0.2, -0.15) is 0 Å². The number of rotatable bonds is 10. The number of carbonyl (C=O) groups is 1. The Hall–Kier alpha value is -3.15. The van der Waals surface area contributed by atoms with Crippen LogP contribution in [-0.4, -0.2) is 41.7 Å². The molecular weight excluding hydrogens is 450 g/mol. The van der Waals surface area contributed by atoms with E-state index in [9.17, 15) is 9.90 Å². The molecule has 3 aromatic rings. The molecule has 1 fully saturated rings. The Labute approximate surface area is 214 Å². The van der Waals surface area contributed by atoms with Gasteiger partial charge in [-0.1, -0.05) is 91.0 Å². The molecule has 1 heterocycles. The van der Waals surface area contributed by atoms with Gasteiger partial charge < -0.3 is 19.9 Å². The monoisotopic (exact) mass is 487 g/mol. The summed E-state index contributed by atoms with van der Waals surface area (Å²) in [5.41, 5.74) is 2.28. The second-order valence-electron chi connectivity index (χ2n) is 10.8. The van der Waals surface area contributed by atoms with Crippen LogP contribution >= 0.6 is 0 Å². The van der Waals surface area contributed by atoms with Crippen molar-refractivity contribution in [2.24, 2.45) is 5.41 Å². The highest BCUT2D eigenvalue weighted by Gasteiger charge is 2.57. The SMILES string of the molecule is CC(C)(C)OC(=O)N[C@@H](Cc1ccccc1)[C@H]1O[C@@H]1C(CO)(Cc1ccccc1)Cc1ccccc1. The van der Waals surface area contributed by atoms with Crippen LogP contribution in [0.3, 0.4) is 0 Å². The van der Waals surface area contributed by atoms with E-state index < -0.39 is 17.1 Å². The lowest BCUT2D eigenvalue weighted by molar-refractivity contribution is 0.0495. The molecule has 0 spiro atoms. The zero-order valence-corrected chi connectivity index (χ0v) is 21.4. The molecule has 5 nitrogen and oxygen atoms in total. The minimum Gasteiger partial charge on any atom is -0.444 e. The van der Waals surface area contributed by atoms with Crippen LogP contribution in [0.1, 0.15) is 37.5 Å². The number of hydrogen-bond donors (Lipinski definition) is 2. The van der Waals surface area contributed by atoms with Crippen LogP contribution in [0.2, 0.25) is 0 Å². The summed E-state index contributed by atoms with van der Waals surface area (Å²) in [6, 6.07) is 30.2. The van der Waals surface area contributed by atoms with Crippen LogP contribution in [0.4, 0.5) is 4.79 Å². The molecular formula is C31H37NO4. The molecule has 0 bridgehead atoms. The second-order valence-corrected chi connectivity index (χ2v) is 10.8. The molecule has 1 aliphatic heterocycles. The van der Waals surface area contributed by atoms with Gasteiger partial charge in [-0.3, -0.25) is 0 Å². The first-order valence-corrected chi connectivity index (χ1v) is 12.7. The minimum atomic E-state index is -0.597. The molecule has 0 radical (unpaired) electrons. The topological polar surface area (TPSA) is 71.1 Å². The molecule has 1 amide bonds. The largest absolute Gasteiger partial charge is 0.444 e. The number of ether oxygens (including phenoxy) is 2. The van der Waals surface area contributed by atoms with Crippen LogP contribution in [0.5, 0.6) is 0 Å². The van der Waals surface area contributed by atoms with E-state index in [0.29, 0.717) is 19.3 Å². The van der Waals surface area contributed by atoms with Crippen molar-refractivity contribution in [1.29, 1.82) is 0 Å². The lowest BCUT2D eigenvalue weighted by atomic mass is 9.72. The van der Waals surface area contributed by atoms with Crippen molar-refractivity contribution in [3.05, 3.63) is 108 Å². The van der Waals surface area contributed by atoms with Gasteiger partial charge in [-0.05, 0) is 56.7 Å². The van der Waals surface area contributed by atoms with E-state index >= 15 is 0 Å². The van der Waals surface area contributed by atoms with Gasteiger partial charge >= 0.3 is 6.09 Å². The first-order chi connectivity index (χ1) is 17.3. The van der Waals surface area contributed by atoms with Gasteiger partial charge in [0.15, 0.2) is 0 Å². The van der Waals surface area contributed by atoms with Gasteiger partial charge in [0.1, 0.15) is 11.7 Å². The highest BCUT2D eigenvalue weighted by molar-refractivity contribution is 5.68. The standard InChI is InChI=1S/C31H37NO4/c1-30(2,3)36-29(34)32-26(19-23-13-7-4-8-14-23)27-28(35-27)31(22-33,20-24-15-9-5-10-16-24)21-25-17-11-6-12-18-25/h4-18,26-28,33H,19-22H2,1-3H3,(H,32,34)/t26-,27+,28-/m0/s1. The second kappa shape index (κ2) is 11.3. The normalized spacial score (nSPS) is 18.3. The molecule has 4 rings (SSSR count). The summed E-state index contributed by atoms with van der Waals surface area (Å²) < 4.78 is 11.9. The predicted octanol–water partition coefficient (Wildman–Crippen LogP) is 5.35. The number of amides is 1. The third-order valence-electron chi connectivity index (χ3n) is 6.64. The van der Waals surface area contributed by atoms with E-state index in [1.165, 1.54) is 0 Å². The minimum absolute atomic E-state index is 0.0253. The number of nitrogens with one attached hydrogen (secondary N) is 1. The number of aliphatic hydroxyl groups is 1. The van der Waals surface area contributed by atoms with Crippen molar-refractivity contribution < 1.29 is 19.4 Å². The van der Waals surface area contributed by atoms with Crippen molar-refractivity contribution in [2.45, 2.75) is 63.9 Å². The molecule has 3 aromatic carbocycles. The summed E-state index contributed by atoms with van der Waals surface area (Å²) in [7, 11) is 0. The zero-order valence-electron chi connectivity index (χ0n) is 21.4. The number of epoxide rings is 1. The van der Waals surface area contributed by atoms with Crippen molar-refractivity contribution in [3.8, 4) is 0 Å². The van der Waals surface area contributed by atoms with Crippen molar-refractivity contribution in [3.63, 3.8) is 0 Å². The Bertz CT molecular complexity index is 1050. The van der Waals surface area contributed by atoms with Gasteiger partial charge in [-0.25, -0.2) is 4.79 Å². The van der Waals surface area contributed by atoms with Crippen LogP contribution in [0.25, 0.3) is 0 Å². The molecule has 3 atom stereocenters. The van der Waals surface area contributed by atoms with Gasteiger partial charge in [-0.15, -0.1) is 0 Å². The molecule has 36 heavy (non-hydrogen) atoms. The molecule has 0 aromatic heterocycles. The number of benzene rings is 3. The molecule has 2 N–H and O–H groups in total. The smallest absolute Gasteiger partial charge is 0.407 e. The highest BCUT2D eigenvalue weighted by Crippen LogP contribution is 2.45. The van der Waals surface area contributed by atoms with Crippen LogP contribution < -0.4 is 5.32 Å². The molecule has 1 saturated heterocycles. The molecule has 1 aliphatic rings. The van der Waals surface area contributed by atoms with E-state index in [-0.39, 0.29) is 24.9 Å². The summed E-state index contributed by atoms with van der Waals surface area (Å²) in [5.74, 6) is 0. The van der Waals surface area contributed by atoms with Gasteiger partial charge in [0, 0.05) is 5.41 Å². The maximum atomic E-state index is 12.8. The molecule has 5 heteroatoms. The molecule has 0 saturated carbocycles. The predicted molar refractivity (Wildman–Crippen MR) is 142 cm³/mol. The Balaban J connectivity index is 1.60. The maximum absolute atomic E-state index is 12.8. The molecule has 0 unspecified atom stereocenters. The fourth-order valence-electron chi connectivity index (χ4n) is 4.97. The number of carbonyl (C=O) groups excluding carboxylic acids is 1. The van der Waals surface area contributed by atoms with E-state index in [1.54, 1.807) is 0 Å². The van der Waals surface area contributed by atoms with E-state index in [0.717, 1.165) is 16.7 Å². The van der Waals surface area contributed by atoms with E-state index in [4.69, 9.17) is 9.47 Å². The lowest BCUT2D eigenvalue weighted by Gasteiger charge is -2.32. The average molecular weight is 488 g/mol. The summed E-state index contributed by atoms with van der Waals surface area (Å²) in [6.45, 7) is 5.53. The summed E-state index contributed by atoms with van der Waals surface area (Å²) in [4.78, 5) is 12.8. The van der Waals surface area contributed by atoms with Gasteiger partial charge in [0.05, 0.1) is 18.8 Å². The van der Waals surface area contributed by atoms with Crippen molar-refractivity contribution in [2.75, 3.05) is 6.61 Å². The lowest BCUT2D eigenvalue weighted by Crippen LogP contribution is -2.46. The van der Waals surface area contributed by atoms with Gasteiger partial charge in [0.25, 0.3) is 0 Å². The average Bonchev–Trinajstić information content (AvgIpc) is 3.66. The third-order valence-corrected chi connectivity index (χ3v) is 6.64. The Morgan fingerprint density at radius 3 is 1.78 bits per heavy atom. The van der Waals surface area contributed by atoms with Crippen LogP contribution in [0.15, 0.2) is 91.0 Å². The Morgan fingerprint density at radius 2 is 1.33 bits per heavy atom. The van der Waals surface area contributed by atoms with Gasteiger partial charge in [0.2, 0.25) is 0 Å². The quantitative estimate of drug-likeness (QED) is 0.378. The number of aliphatic hydroxyl groups excluding tert-OH is 1. The highest BCUT2D eigenvalue weighted by atomic mass is 16.6. The maximum Gasteiger partial charge on any atom is 0.407 e. The molecule has 190 valence electrons. The summed E-state index contributed by atoms with van der Waals surface area (Å²) in [5, 5.41) is 13.9. The van der Waals surface area contributed by atoms with Crippen molar-refractivity contribution in [1.82, 2.24) is 5.32 Å². The Kier molecular flexibility index (Phi) is 8.12. The van der Waals surface area contributed by atoms with E-state index in [2.05, 4.69) is 29.6 Å². The Morgan fingerprint density at radius 1 is 0.861 bits per heavy atom. The fourth-order valence-corrected chi connectivity index (χ4v) is 4.97. The number of hydrogen-bond acceptors (Lipinski definition) is 4. The first-order valence-electron chi connectivity index (χ1n) is 12.7. The zero-order chi connectivity index (χ0) is 25.6.